The number of amides is 1. The van der Waals surface area contributed by atoms with E-state index in [0.717, 1.165) is 75.9 Å². The van der Waals surface area contributed by atoms with E-state index in [0.29, 0.717) is 0 Å². The monoisotopic (exact) mass is 416 g/mol. The fourth-order valence-corrected chi connectivity index (χ4v) is 3.41. The molecule has 0 unspecified atom stereocenters. The molecule has 1 amide bonds. The van der Waals surface area contributed by atoms with E-state index < -0.39 is 17.8 Å². The van der Waals surface area contributed by atoms with Crippen molar-refractivity contribution in [3.05, 3.63) is 29.8 Å². The number of carbonyl (C=O) groups excluding carboxylic acids is 1. The molecule has 1 saturated carbocycles. The Morgan fingerprint density at radius 3 is 2.21 bits per heavy atom. The SMILES string of the molecule is CN(C)CCCCO[C@H]1CC[C@H](N(C)C(=O)Oc2ccc(C(F)(F)F)cc2)CC1. The van der Waals surface area contributed by atoms with Crippen LogP contribution < -0.4 is 4.74 Å². The minimum absolute atomic E-state index is 0.0468. The summed E-state index contributed by atoms with van der Waals surface area (Å²) >= 11 is 0. The molecular formula is C21H31F3N2O3. The molecule has 1 aromatic rings. The van der Waals surface area contributed by atoms with Crippen molar-refractivity contribution in [1.29, 1.82) is 0 Å². The van der Waals surface area contributed by atoms with Crippen LogP contribution in [-0.4, -0.2) is 62.3 Å². The van der Waals surface area contributed by atoms with Crippen LogP contribution >= 0.6 is 0 Å². The third-order valence-electron chi connectivity index (χ3n) is 5.22. The number of benzene rings is 1. The van der Waals surface area contributed by atoms with Gasteiger partial charge in [-0.25, -0.2) is 4.79 Å². The number of alkyl halides is 3. The first-order valence-corrected chi connectivity index (χ1v) is 10.0. The van der Waals surface area contributed by atoms with Crippen LogP contribution in [0.5, 0.6) is 5.75 Å². The van der Waals surface area contributed by atoms with E-state index in [2.05, 4.69) is 19.0 Å². The Bertz CT molecular complexity index is 627. The van der Waals surface area contributed by atoms with Crippen LogP contribution in [0.15, 0.2) is 24.3 Å². The van der Waals surface area contributed by atoms with Gasteiger partial charge in [-0.3, -0.25) is 0 Å². The lowest BCUT2D eigenvalue weighted by atomic mass is 9.92. The van der Waals surface area contributed by atoms with Gasteiger partial charge in [-0.2, -0.15) is 13.2 Å². The maximum absolute atomic E-state index is 12.6. The lowest BCUT2D eigenvalue weighted by Gasteiger charge is -2.34. The Balaban J connectivity index is 1.71. The first-order valence-electron chi connectivity index (χ1n) is 10.0. The van der Waals surface area contributed by atoms with Gasteiger partial charge in [0.1, 0.15) is 5.75 Å². The molecule has 0 aromatic heterocycles. The second-order valence-corrected chi connectivity index (χ2v) is 7.81. The highest BCUT2D eigenvalue weighted by Crippen LogP contribution is 2.30. The predicted molar refractivity (Wildman–Crippen MR) is 105 cm³/mol. The number of carbonyl (C=O) groups is 1. The summed E-state index contributed by atoms with van der Waals surface area (Å²) < 4.78 is 49.0. The summed E-state index contributed by atoms with van der Waals surface area (Å²) in [5.74, 6) is 0.101. The average molecular weight is 416 g/mol. The normalized spacial score (nSPS) is 20.0. The minimum atomic E-state index is -4.41. The molecule has 8 heteroatoms. The number of hydrogen-bond donors (Lipinski definition) is 0. The molecule has 1 aromatic carbocycles. The number of unbranched alkanes of at least 4 members (excludes halogenated alkanes) is 1. The molecule has 0 radical (unpaired) electrons. The second-order valence-electron chi connectivity index (χ2n) is 7.81. The van der Waals surface area contributed by atoms with Crippen molar-refractivity contribution in [2.75, 3.05) is 34.3 Å². The van der Waals surface area contributed by atoms with Gasteiger partial charge < -0.3 is 19.3 Å². The minimum Gasteiger partial charge on any atom is -0.410 e. The fraction of sp³-hybridized carbons (Fsp3) is 0.667. The second kappa shape index (κ2) is 10.8. The lowest BCUT2D eigenvalue weighted by molar-refractivity contribution is -0.137. The Morgan fingerprint density at radius 2 is 1.66 bits per heavy atom. The van der Waals surface area contributed by atoms with Gasteiger partial charge in [-0.15, -0.1) is 0 Å². The van der Waals surface area contributed by atoms with Gasteiger partial charge in [0.15, 0.2) is 0 Å². The molecule has 0 bridgehead atoms. The van der Waals surface area contributed by atoms with Gasteiger partial charge >= 0.3 is 12.3 Å². The summed E-state index contributed by atoms with van der Waals surface area (Å²) in [4.78, 5) is 16.0. The molecule has 0 atom stereocenters. The van der Waals surface area contributed by atoms with Crippen LogP contribution in [0.25, 0.3) is 0 Å². The first-order chi connectivity index (χ1) is 13.7. The Morgan fingerprint density at radius 1 is 1.03 bits per heavy atom. The smallest absolute Gasteiger partial charge is 0.410 e. The maximum Gasteiger partial charge on any atom is 0.416 e. The first kappa shape index (κ1) is 23.5. The molecule has 164 valence electrons. The molecule has 5 nitrogen and oxygen atoms in total. The van der Waals surface area contributed by atoms with E-state index in [1.807, 2.05) is 0 Å². The van der Waals surface area contributed by atoms with Crippen LogP contribution in [0.2, 0.25) is 0 Å². The third-order valence-corrected chi connectivity index (χ3v) is 5.22. The molecular weight excluding hydrogens is 385 g/mol. The standard InChI is InChI=1S/C21H31F3N2O3/c1-25(2)14-4-5-15-28-18-12-8-17(9-13-18)26(3)20(27)29-19-10-6-16(7-11-19)21(22,23)24/h6-7,10-11,17-18H,4-5,8-9,12-15H2,1-3H3/t17-,18-. The summed E-state index contributed by atoms with van der Waals surface area (Å²) in [5.41, 5.74) is -0.773. The maximum atomic E-state index is 12.6. The Labute approximate surface area is 170 Å². The van der Waals surface area contributed by atoms with Crippen LogP contribution in [0.1, 0.15) is 44.1 Å². The zero-order chi connectivity index (χ0) is 21.4. The Hall–Kier alpha value is -1.80. The molecule has 0 heterocycles. The number of halogens is 3. The highest BCUT2D eigenvalue weighted by Gasteiger charge is 2.31. The topological polar surface area (TPSA) is 42.0 Å². The summed E-state index contributed by atoms with van der Waals surface area (Å²) in [5, 5.41) is 0. The van der Waals surface area contributed by atoms with E-state index >= 15 is 0 Å². The van der Waals surface area contributed by atoms with E-state index in [1.54, 1.807) is 7.05 Å². The molecule has 0 spiro atoms. The molecule has 0 aliphatic heterocycles. The molecule has 1 fully saturated rings. The van der Waals surface area contributed by atoms with E-state index in [9.17, 15) is 18.0 Å². The molecule has 0 N–H and O–H groups in total. The average Bonchev–Trinajstić information content (AvgIpc) is 2.67. The third kappa shape index (κ3) is 7.85. The molecule has 1 aliphatic carbocycles. The van der Waals surface area contributed by atoms with Crippen LogP contribution in [0.4, 0.5) is 18.0 Å². The number of hydrogen-bond acceptors (Lipinski definition) is 4. The summed E-state index contributed by atoms with van der Waals surface area (Å²) in [6, 6.07) is 4.18. The van der Waals surface area contributed by atoms with Crippen molar-refractivity contribution < 1.29 is 27.4 Å². The summed E-state index contributed by atoms with van der Waals surface area (Å²) in [6.07, 6.45) is 0.821. The highest BCUT2D eigenvalue weighted by atomic mass is 19.4. The summed E-state index contributed by atoms with van der Waals surface area (Å²) in [7, 11) is 5.78. The van der Waals surface area contributed by atoms with Gasteiger partial charge in [0, 0.05) is 19.7 Å². The Kier molecular flexibility index (Phi) is 8.77. The van der Waals surface area contributed by atoms with Crippen molar-refractivity contribution in [3.8, 4) is 5.75 Å². The molecule has 29 heavy (non-hydrogen) atoms. The lowest BCUT2D eigenvalue weighted by Crippen LogP contribution is -2.42. The van der Waals surface area contributed by atoms with E-state index in [4.69, 9.17) is 9.47 Å². The van der Waals surface area contributed by atoms with Crippen LogP contribution in [0.3, 0.4) is 0 Å². The van der Waals surface area contributed by atoms with Gasteiger partial charge in [0.05, 0.1) is 11.7 Å². The highest BCUT2D eigenvalue weighted by molar-refractivity contribution is 5.70. The van der Waals surface area contributed by atoms with E-state index in [1.165, 1.54) is 4.90 Å². The van der Waals surface area contributed by atoms with Gasteiger partial charge in [-0.1, -0.05) is 0 Å². The van der Waals surface area contributed by atoms with Crippen LogP contribution in [-0.2, 0) is 10.9 Å². The molecule has 2 rings (SSSR count). The summed E-state index contributed by atoms with van der Waals surface area (Å²) in [6.45, 7) is 1.82. The zero-order valence-electron chi connectivity index (χ0n) is 17.4. The van der Waals surface area contributed by atoms with Crippen LogP contribution in [0, 0.1) is 0 Å². The quantitative estimate of drug-likeness (QED) is 0.571. The fourth-order valence-electron chi connectivity index (χ4n) is 3.41. The molecule has 1 aliphatic rings. The van der Waals surface area contributed by atoms with Crippen molar-refractivity contribution in [2.24, 2.45) is 0 Å². The van der Waals surface area contributed by atoms with Crippen molar-refractivity contribution in [1.82, 2.24) is 9.80 Å². The number of rotatable bonds is 8. The van der Waals surface area contributed by atoms with Crippen molar-refractivity contribution in [3.63, 3.8) is 0 Å². The van der Waals surface area contributed by atoms with Crippen molar-refractivity contribution >= 4 is 6.09 Å². The van der Waals surface area contributed by atoms with Crippen molar-refractivity contribution in [2.45, 2.75) is 56.8 Å². The largest absolute Gasteiger partial charge is 0.416 e. The van der Waals surface area contributed by atoms with Gasteiger partial charge in [0.25, 0.3) is 0 Å². The predicted octanol–water partition coefficient (Wildman–Crippen LogP) is 4.81. The van der Waals surface area contributed by atoms with Gasteiger partial charge in [0.2, 0.25) is 0 Å². The number of ether oxygens (including phenoxy) is 2. The molecule has 0 saturated heterocycles. The zero-order valence-corrected chi connectivity index (χ0v) is 17.4. The van der Waals surface area contributed by atoms with Gasteiger partial charge in [-0.05, 0) is 83.4 Å². The van der Waals surface area contributed by atoms with E-state index in [-0.39, 0.29) is 17.9 Å². The number of nitrogens with zero attached hydrogens (tertiary/aromatic N) is 2.